The van der Waals surface area contributed by atoms with Crippen LogP contribution in [0.5, 0.6) is 0 Å². The molecule has 0 bridgehead atoms. The first kappa shape index (κ1) is 34.7. The van der Waals surface area contributed by atoms with Crippen molar-refractivity contribution in [3.8, 4) is 50.7 Å². The summed E-state index contributed by atoms with van der Waals surface area (Å²) < 4.78 is 4.88. The van der Waals surface area contributed by atoms with Crippen molar-refractivity contribution in [2.75, 3.05) is 0 Å². The molecule has 13 rings (SSSR count). The Hall–Kier alpha value is -8.10. The number of thiophene rings is 1. The number of fused-ring (bicyclic) bond motifs is 13. The van der Waals surface area contributed by atoms with E-state index < -0.39 is 0 Å². The summed E-state index contributed by atoms with van der Waals surface area (Å²) in [5.41, 5.74) is 13.0. The monoisotopic (exact) mass is 803 g/mol. The van der Waals surface area contributed by atoms with Crippen molar-refractivity contribution >= 4 is 91.3 Å². The normalized spacial score (nSPS) is 11.9. The second-order valence-electron chi connectivity index (χ2n) is 16.2. The van der Waals surface area contributed by atoms with Crippen LogP contribution in [-0.4, -0.2) is 9.38 Å². The second kappa shape index (κ2) is 13.5. The Morgan fingerprint density at radius 1 is 0.435 bits per heavy atom. The highest BCUT2D eigenvalue weighted by atomic mass is 32.1. The molecule has 0 fully saturated rings. The Morgan fingerprint density at radius 3 is 1.68 bits per heavy atom. The molecule has 0 saturated heterocycles. The molecule has 0 radical (unpaired) electrons. The quantitative estimate of drug-likeness (QED) is 0.166. The average Bonchev–Trinajstić information content (AvgIpc) is 3.93. The van der Waals surface area contributed by atoms with Crippen molar-refractivity contribution in [1.29, 1.82) is 5.26 Å². The zero-order valence-corrected chi connectivity index (χ0v) is 34.1. The maximum atomic E-state index is 9.24. The zero-order valence-electron chi connectivity index (χ0n) is 33.3. The van der Waals surface area contributed by atoms with Crippen molar-refractivity contribution in [3.63, 3.8) is 0 Å². The highest BCUT2D eigenvalue weighted by Crippen LogP contribution is 2.45. The van der Waals surface area contributed by atoms with Crippen molar-refractivity contribution in [1.82, 2.24) is 9.38 Å². The lowest BCUT2D eigenvalue weighted by Crippen LogP contribution is -1.93. The highest BCUT2D eigenvalue weighted by Gasteiger charge is 2.21. The molecular weight excluding hydrogens is 771 g/mol. The summed E-state index contributed by atoms with van der Waals surface area (Å²) in [6, 6.07) is 74.5. The summed E-state index contributed by atoms with van der Waals surface area (Å²) in [5, 5.41) is 21.5. The Labute approximate surface area is 360 Å². The van der Waals surface area contributed by atoms with Gasteiger partial charge >= 0.3 is 0 Å². The van der Waals surface area contributed by atoms with Crippen LogP contribution in [0.1, 0.15) is 5.56 Å². The van der Waals surface area contributed by atoms with E-state index in [4.69, 9.17) is 4.98 Å². The fraction of sp³-hybridized carbons (Fsp3) is 0. The van der Waals surface area contributed by atoms with E-state index in [1.54, 1.807) is 0 Å². The average molecular weight is 804 g/mol. The van der Waals surface area contributed by atoms with E-state index in [0.29, 0.717) is 5.56 Å². The maximum Gasteiger partial charge on any atom is 0.156 e. The Kier molecular flexibility index (Phi) is 7.54. The van der Waals surface area contributed by atoms with Gasteiger partial charge in [0.25, 0.3) is 0 Å². The molecule has 0 spiro atoms. The summed E-state index contributed by atoms with van der Waals surface area (Å²) in [6.07, 6.45) is 0. The van der Waals surface area contributed by atoms with E-state index in [0.717, 1.165) is 39.1 Å². The number of benzene rings is 10. The number of aromatic nitrogens is 2. The van der Waals surface area contributed by atoms with Crippen LogP contribution in [0.15, 0.2) is 200 Å². The molecule has 4 heteroatoms. The van der Waals surface area contributed by atoms with Crippen molar-refractivity contribution in [2.45, 2.75) is 0 Å². The third-order valence-corrected chi connectivity index (χ3v) is 14.0. The predicted octanol–water partition coefficient (Wildman–Crippen LogP) is 16.0. The molecule has 62 heavy (non-hydrogen) atoms. The number of hydrogen-bond acceptors (Lipinski definition) is 3. The third kappa shape index (κ3) is 5.26. The standard InChI is InChI=1S/C58H33N3S/c59-34-35-13-15-36(16-14-35)37-17-19-39(20-18-37)45-27-28-46(49-12-6-5-11-48(45)49)40-21-23-41(24-22-40)53-33-51-55-47-10-4-3-7-38(47)26-30-54(55)62-57(51)58-60-56-50-32-43-9-2-1-8-42(43)31-44(50)25-29-52(56)61(53)58/h1-33H. The van der Waals surface area contributed by atoms with E-state index in [1.807, 2.05) is 35.6 Å². The molecule has 0 N–H and O–H groups in total. The van der Waals surface area contributed by atoms with Gasteiger partial charge in [0.15, 0.2) is 5.65 Å². The Balaban J connectivity index is 0.972. The van der Waals surface area contributed by atoms with Gasteiger partial charge in [0.1, 0.15) is 0 Å². The van der Waals surface area contributed by atoms with E-state index in [9.17, 15) is 5.26 Å². The SMILES string of the molecule is N#Cc1ccc(-c2ccc(-c3ccc(-c4ccc(-c5cc6c(sc7ccc8ccccc8c76)c6nc7c8cc9ccccc9cc8ccc7n56)cc4)c4ccccc34)cc2)cc1. The molecular formula is C58H33N3S. The minimum Gasteiger partial charge on any atom is -0.291 e. The molecule has 0 unspecified atom stereocenters. The number of nitrogens with zero attached hydrogens (tertiary/aromatic N) is 3. The summed E-state index contributed by atoms with van der Waals surface area (Å²) in [5.74, 6) is 0. The highest BCUT2D eigenvalue weighted by molar-refractivity contribution is 7.26. The van der Waals surface area contributed by atoms with E-state index in [1.165, 1.54) is 85.5 Å². The lowest BCUT2D eigenvalue weighted by molar-refractivity contribution is 1.25. The maximum absolute atomic E-state index is 9.24. The first-order valence-electron chi connectivity index (χ1n) is 20.9. The number of imidazole rings is 1. The van der Waals surface area contributed by atoms with Gasteiger partial charge in [-0.3, -0.25) is 4.40 Å². The van der Waals surface area contributed by atoms with Gasteiger partial charge in [-0.15, -0.1) is 11.3 Å². The molecule has 0 amide bonds. The number of rotatable bonds is 4. The molecule has 0 atom stereocenters. The largest absolute Gasteiger partial charge is 0.291 e. The van der Waals surface area contributed by atoms with E-state index in [2.05, 4.69) is 186 Å². The molecule has 286 valence electrons. The van der Waals surface area contributed by atoms with Gasteiger partial charge in [-0.25, -0.2) is 4.98 Å². The van der Waals surface area contributed by atoms with Crippen LogP contribution in [0.4, 0.5) is 0 Å². The van der Waals surface area contributed by atoms with Gasteiger partial charge in [-0.05, 0) is 119 Å². The van der Waals surface area contributed by atoms with Crippen LogP contribution in [-0.2, 0) is 0 Å². The lowest BCUT2D eigenvalue weighted by Gasteiger charge is -2.14. The van der Waals surface area contributed by atoms with Crippen LogP contribution in [0.2, 0.25) is 0 Å². The van der Waals surface area contributed by atoms with Crippen LogP contribution >= 0.6 is 11.3 Å². The fourth-order valence-corrected chi connectivity index (χ4v) is 10.9. The minimum absolute atomic E-state index is 0.668. The number of hydrogen-bond donors (Lipinski definition) is 0. The predicted molar refractivity (Wildman–Crippen MR) is 262 cm³/mol. The first-order chi connectivity index (χ1) is 30.7. The van der Waals surface area contributed by atoms with Gasteiger partial charge in [0.05, 0.1) is 33.1 Å². The van der Waals surface area contributed by atoms with Crippen LogP contribution in [0.3, 0.4) is 0 Å². The molecule has 0 saturated carbocycles. The molecule has 0 aliphatic heterocycles. The molecule has 10 aromatic carbocycles. The lowest BCUT2D eigenvalue weighted by atomic mass is 9.91. The van der Waals surface area contributed by atoms with Crippen molar-refractivity contribution in [2.24, 2.45) is 0 Å². The van der Waals surface area contributed by atoms with Crippen LogP contribution in [0.25, 0.3) is 125 Å². The van der Waals surface area contributed by atoms with Gasteiger partial charge in [-0.1, -0.05) is 158 Å². The fourth-order valence-electron chi connectivity index (χ4n) is 9.76. The summed E-state index contributed by atoms with van der Waals surface area (Å²) in [7, 11) is 0. The summed E-state index contributed by atoms with van der Waals surface area (Å²) in [6.45, 7) is 0. The Morgan fingerprint density at radius 2 is 1.00 bits per heavy atom. The molecule has 13 aromatic rings. The Bertz CT molecular complexity index is 4020. The van der Waals surface area contributed by atoms with Gasteiger partial charge in [0, 0.05) is 20.9 Å². The molecule has 0 aliphatic rings. The first-order valence-corrected chi connectivity index (χ1v) is 21.7. The molecule has 3 nitrogen and oxygen atoms in total. The van der Waals surface area contributed by atoms with Gasteiger partial charge in [-0.2, -0.15) is 5.26 Å². The van der Waals surface area contributed by atoms with Gasteiger partial charge < -0.3 is 0 Å². The number of pyridine rings is 1. The molecule has 3 heterocycles. The number of nitriles is 1. The van der Waals surface area contributed by atoms with Crippen molar-refractivity contribution in [3.05, 3.63) is 206 Å². The third-order valence-electron chi connectivity index (χ3n) is 12.8. The second-order valence-corrected chi connectivity index (χ2v) is 17.3. The van der Waals surface area contributed by atoms with Crippen molar-refractivity contribution < 1.29 is 0 Å². The molecule has 0 aliphatic carbocycles. The summed E-state index contributed by atoms with van der Waals surface area (Å²) in [4.78, 5) is 5.56. The minimum atomic E-state index is 0.668. The topological polar surface area (TPSA) is 41.1 Å². The zero-order chi connectivity index (χ0) is 40.9. The van der Waals surface area contributed by atoms with Crippen LogP contribution < -0.4 is 0 Å². The van der Waals surface area contributed by atoms with Crippen LogP contribution in [0, 0.1) is 11.3 Å². The van der Waals surface area contributed by atoms with E-state index in [-0.39, 0.29) is 0 Å². The molecule has 3 aromatic heterocycles. The smallest absolute Gasteiger partial charge is 0.156 e. The van der Waals surface area contributed by atoms with E-state index >= 15 is 0 Å². The summed E-state index contributed by atoms with van der Waals surface area (Å²) >= 11 is 1.84. The van der Waals surface area contributed by atoms with Gasteiger partial charge in [0.2, 0.25) is 0 Å².